The molecule has 2 aromatic heterocycles. The summed E-state index contributed by atoms with van der Waals surface area (Å²) in [6.07, 6.45) is 0. The number of hydrogen-bond acceptors (Lipinski definition) is 3. The van der Waals surface area contributed by atoms with Crippen LogP contribution in [0.25, 0.3) is 22.6 Å². The average Bonchev–Trinajstić information content (AvgIpc) is 2.81. The van der Waals surface area contributed by atoms with Crippen LogP contribution in [-0.2, 0) is 0 Å². The minimum atomic E-state index is -0.0947. The summed E-state index contributed by atoms with van der Waals surface area (Å²) in [5.74, 6) is 0.640. The number of nitrogens with zero attached hydrogens (tertiary/aromatic N) is 1. The number of rotatable bonds is 2. The quantitative estimate of drug-likeness (QED) is 0.640. The van der Waals surface area contributed by atoms with E-state index in [9.17, 15) is 4.79 Å². The molecule has 0 unspecified atom stereocenters. The molecule has 0 aliphatic carbocycles. The van der Waals surface area contributed by atoms with Crippen molar-refractivity contribution in [3.05, 3.63) is 60.1 Å². The Morgan fingerprint density at radius 3 is 2.52 bits per heavy atom. The lowest BCUT2D eigenvalue weighted by Gasteiger charge is -2.06. The normalized spacial score (nSPS) is 10.8. The van der Waals surface area contributed by atoms with Crippen LogP contribution in [0.5, 0.6) is 0 Å². The van der Waals surface area contributed by atoms with Crippen LogP contribution in [0.2, 0.25) is 0 Å². The molecule has 0 radical (unpaired) electrons. The second-order valence-corrected chi connectivity index (χ2v) is 7.31. The van der Waals surface area contributed by atoms with Crippen molar-refractivity contribution in [2.24, 2.45) is 0 Å². The van der Waals surface area contributed by atoms with Gasteiger partial charge in [-0.3, -0.25) is 4.79 Å². The molecule has 0 amide bonds. The molecule has 2 heterocycles. The van der Waals surface area contributed by atoms with E-state index in [-0.39, 0.29) is 5.56 Å². The molecule has 0 aliphatic heterocycles. The summed E-state index contributed by atoms with van der Waals surface area (Å²) in [7, 11) is 0. The number of halogens is 1. The van der Waals surface area contributed by atoms with Crippen LogP contribution in [-0.4, -0.2) is 9.97 Å². The largest absolute Gasteiger partial charge is 0.306 e. The van der Waals surface area contributed by atoms with Crippen molar-refractivity contribution in [3.8, 4) is 22.6 Å². The topological polar surface area (TPSA) is 45.8 Å². The molecule has 0 spiro atoms. The number of aromatic amines is 1. The molecule has 106 valence electrons. The zero-order valence-electron chi connectivity index (χ0n) is 11.6. The van der Waals surface area contributed by atoms with Crippen LogP contribution in [0.15, 0.2) is 41.2 Å². The maximum atomic E-state index is 12.2. The van der Waals surface area contributed by atoms with E-state index in [1.165, 1.54) is 4.88 Å². The van der Waals surface area contributed by atoms with Gasteiger partial charge in [-0.2, -0.15) is 0 Å². The van der Waals surface area contributed by atoms with Gasteiger partial charge in [-0.25, -0.2) is 4.98 Å². The highest BCUT2D eigenvalue weighted by Gasteiger charge is 2.14. The molecule has 3 aromatic rings. The number of aryl methyl sites for hydroxylation is 2. The molecular formula is C16H13IN2OS. The summed E-state index contributed by atoms with van der Waals surface area (Å²) >= 11 is 3.77. The van der Waals surface area contributed by atoms with Crippen LogP contribution in [0.1, 0.15) is 9.75 Å². The van der Waals surface area contributed by atoms with Crippen molar-refractivity contribution >= 4 is 33.9 Å². The van der Waals surface area contributed by atoms with Gasteiger partial charge in [-0.15, -0.1) is 11.3 Å². The minimum Gasteiger partial charge on any atom is -0.306 e. The number of thiophene rings is 1. The Balaban J connectivity index is 2.24. The lowest BCUT2D eigenvalue weighted by molar-refractivity contribution is 1.11. The number of H-pyrrole nitrogens is 1. The number of aromatic nitrogens is 2. The standard InChI is InChI=1S/C16H13IN2OS/c1-9-8-12(10(2)21-9)15-18-14(13(17)16(20)19-15)11-6-4-3-5-7-11/h3-8H,1-2H3,(H,18,19,20). The van der Waals surface area contributed by atoms with E-state index >= 15 is 0 Å². The second kappa shape index (κ2) is 5.73. The van der Waals surface area contributed by atoms with Gasteiger partial charge in [0.25, 0.3) is 5.56 Å². The van der Waals surface area contributed by atoms with E-state index in [0.717, 1.165) is 21.7 Å². The molecule has 1 N–H and O–H groups in total. The van der Waals surface area contributed by atoms with Gasteiger partial charge in [0.1, 0.15) is 9.39 Å². The molecule has 0 fully saturated rings. The lowest BCUT2D eigenvalue weighted by Crippen LogP contribution is -2.14. The average molecular weight is 408 g/mol. The van der Waals surface area contributed by atoms with Crippen LogP contribution >= 0.6 is 33.9 Å². The van der Waals surface area contributed by atoms with Gasteiger partial charge in [-0.1, -0.05) is 30.3 Å². The molecule has 3 rings (SSSR count). The third-order valence-corrected chi connectivity index (χ3v) is 5.17. The molecule has 0 aliphatic rings. The van der Waals surface area contributed by atoms with Crippen molar-refractivity contribution in [2.45, 2.75) is 13.8 Å². The predicted molar refractivity (Wildman–Crippen MR) is 95.8 cm³/mol. The Morgan fingerprint density at radius 2 is 1.90 bits per heavy atom. The van der Waals surface area contributed by atoms with Gasteiger partial charge in [0.2, 0.25) is 0 Å². The van der Waals surface area contributed by atoms with E-state index in [4.69, 9.17) is 4.98 Å². The first-order valence-corrected chi connectivity index (χ1v) is 8.38. The first kappa shape index (κ1) is 14.5. The van der Waals surface area contributed by atoms with Crippen LogP contribution < -0.4 is 5.56 Å². The zero-order valence-corrected chi connectivity index (χ0v) is 14.6. The number of benzene rings is 1. The van der Waals surface area contributed by atoms with E-state index in [1.54, 1.807) is 11.3 Å². The fourth-order valence-corrected chi connectivity index (χ4v) is 3.73. The Bertz CT molecular complexity index is 852. The van der Waals surface area contributed by atoms with E-state index in [0.29, 0.717) is 9.39 Å². The van der Waals surface area contributed by atoms with Crippen molar-refractivity contribution in [1.82, 2.24) is 9.97 Å². The lowest BCUT2D eigenvalue weighted by atomic mass is 10.1. The van der Waals surface area contributed by atoms with Crippen molar-refractivity contribution in [1.29, 1.82) is 0 Å². The van der Waals surface area contributed by atoms with Gasteiger partial charge in [0.15, 0.2) is 0 Å². The van der Waals surface area contributed by atoms with Gasteiger partial charge in [-0.05, 0) is 42.5 Å². The summed E-state index contributed by atoms with van der Waals surface area (Å²) in [5, 5.41) is 0. The number of nitrogens with one attached hydrogen (secondary N) is 1. The molecule has 5 heteroatoms. The highest BCUT2D eigenvalue weighted by molar-refractivity contribution is 14.1. The minimum absolute atomic E-state index is 0.0947. The van der Waals surface area contributed by atoms with Gasteiger partial charge < -0.3 is 4.98 Å². The highest BCUT2D eigenvalue weighted by atomic mass is 127. The van der Waals surface area contributed by atoms with E-state index in [2.05, 4.69) is 40.6 Å². The summed E-state index contributed by atoms with van der Waals surface area (Å²) in [4.78, 5) is 22.2. The van der Waals surface area contributed by atoms with E-state index < -0.39 is 0 Å². The molecule has 1 aromatic carbocycles. The Labute approximate surface area is 140 Å². The second-order valence-electron chi connectivity index (χ2n) is 4.77. The summed E-state index contributed by atoms with van der Waals surface area (Å²) in [6.45, 7) is 4.11. The van der Waals surface area contributed by atoms with Crippen molar-refractivity contribution < 1.29 is 0 Å². The van der Waals surface area contributed by atoms with Crippen molar-refractivity contribution in [2.75, 3.05) is 0 Å². The summed E-state index contributed by atoms with van der Waals surface area (Å²) in [5.41, 5.74) is 2.60. The molecule has 3 nitrogen and oxygen atoms in total. The fourth-order valence-electron chi connectivity index (χ4n) is 2.24. The van der Waals surface area contributed by atoms with Gasteiger partial charge >= 0.3 is 0 Å². The Morgan fingerprint density at radius 1 is 1.19 bits per heavy atom. The molecular weight excluding hydrogens is 395 g/mol. The summed E-state index contributed by atoms with van der Waals surface area (Å²) < 4.78 is 0.618. The third kappa shape index (κ3) is 2.80. The zero-order chi connectivity index (χ0) is 15.0. The van der Waals surface area contributed by atoms with Crippen LogP contribution in [0.3, 0.4) is 0 Å². The molecule has 21 heavy (non-hydrogen) atoms. The smallest absolute Gasteiger partial charge is 0.265 e. The molecule has 0 atom stereocenters. The van der Waals surface area contributed by atoms with Crippen LogP contribution in [0.4, 0.5) is 0 Å². The first-order valence-electron chi connectivity index (χ1n) is 6.49. The summed E-state index contributed by atoms with van der Waals surface area (Å²) in [6, 6.07) is 11.9. The molecule has 0 saturated carbocycles. The maximum absolute atomic E-state index is 12.2. The molecule has 0 saturated heterocycles. The van der Waals surface area contributed by atoms with Gasteiger partial charge in [0, 0.05) is 20.9 Å². The van der Waals surface area contributed by atoms with E-state index in [1.807, 2.05) is 37.3 Å². The Hall–Kier alpha value is -1.47. The predicted octanol–water partition coefficient (Wildman–Crippen LogP) is 4.39. The Kier molecular flexibility index (Phi) is 3.95. The monoisotopic (exact) mass is 408 g/mol. The SMILES string of the molecule is Cc1cc(-c2nc(-c3ccccc3)c(I)c(=O)[nH]2)c(C)s1. The van der Waals surface area contributed by atoms with Gasteiger partial charge in [0.05, 0.1) is 5.69 Å². The first-order chi connectivity index (χ1) is 10.1. The fraction of sp³-hybridized carbons (Fsp3) is 0.125. The maximum Gasteiger partial charge on any atom is 0.265 e. The van der Waals surface area contributed by atoms with Crippen molar-refractivity contribution in [3.63, 3.8) is 0 Å². The molecule has 0 bridgehead atoms. The highest BCUT2D eigenvalue weighted by Crippen LogP contribution is 2.29. The van der Waals surface area contributed by atoms with Crippen LogP contribution in [0, 0.1) is 17.4 Å². The number of hydrogen-bond donors (Lipinski definition) is 1. The third-order valence-electron chi connectivity index (χ3n) is 3.21.